The second-order valence-electron chi connectivity index (χ2n) is 8.06. The van der Waals surface area contributed by atoms with E-state index in [1.165, 1.54) is 22.2 Å². The minimum absolute atomic E-state index is 0.0454. The van der Waals surface area contributed by atoms with E-state index in [1.807, 2.05) is 42.6 Å². The van der Waals surface area contributed by atoms with Gasteiger partial charge in [0.2, 0.25) is 5.17 Å². The number of carbonyl (C=O) groups excluding carboxylic acids is 1. The quantitative estimate of drug-likeness (QED) is 0.366. The number of hydrogen-bond donors (Lipinski definition) is 1. The number of nitrogens with one attached hydrogen (secondary N) is 1. The summed E-state index contributed by atoms with van der Waals surface area (Å²) in [7, 11) is 0. The summed E-state index contributed by atoms with van der Waals surface area (Å²) in [5.41, 5.74) is 4.25. The molecule has 0 fully saturated rings. The van der Waals surface area contributed by atoms with Crippen molar-refractivity contribution < 1.29 is 4.79 Å². The Hall–Kier alpha value is -3.75. The van der Waals surface area contributed by atoms with E-state index in [0.29, 0.717) is 5.17 Å². The second kappa shape index (κ2) is 7.93. The third kappa shape index (κ3) is 3.26. The summed E-state index contributed by atoms with van der Waals surface area (Å²) in [4.78, 5) is 18.1. The van der Waals surface area contributed by atoms with Crippen LogP contribution in [-0.4, -0.2) is 31.5 Å². The summed E-state index contributed by atoms with van der Waals surface area (Å²) < 4.78 is 2.19. The van der Waals surface area contributed by atoms with Gasteiger partial charge in [-0.15, -0.1) is 11.3 Å². The first-order chi connectivity index (χ1) is 16.5. The summed E-state index contributed by atoms with van der Waals surface area (Å²) in [6.07, 6.45) is 1.76. The Kier molecular flexibility index (Phi) is 4.86. The van der Waals surface area contributed by atoms with Gasteiger partial charge in [-0.1, -0.05) is 42.5 Å². The Bertz CT molecular complexity index is 1590. The summed E-state index contributed by atoms with van der Waals surface area (Å²) in [6.45, 7) is 4.08. The summed E-state index contributed by atoms with van der Waals surface area (Å²) in [6, 6.07) is 20.5. The third-order valence-corrected chi connectivity index (χ3v) is 7.91. The Labute approximate surface area is 204 Å². The van der Waals surface area contributed by atoms with Crippen molar-refractivity contribution in [1.82, 2.24) is 9.58 Å². The molecule has 0 spiro atoms. The van der Waals surface area contributed by atoms with Crippen LogP contribution in [-0.2, 0) is 4.79 Å². The van der Waals surface area contributed by atoms with Crippen LogP contribution in [0.1, 0.15) is 21.8 Å². The number of thiophene rings is 1. The molecule has 2 aromatic heterocycles. The van der Waals surface area contributed by atoms with E-state index in [9.17, 15) is 4.79 Å². The number of fused-ring (bicyclic) bond motifs is 2. The highest BCUT2D eigenvalue weighted by Crippen LogP contribution is 2.33. The highest BCUT2D eigenvalue weighted by atomic mass is 32.2. The van der Waals surface area contributed by atoms with Crippen LogP contribution in [0.3, 0.4) is 0 Å². The monoisotopic (exact) mass is 481 g/mol. The van der Waals surface area contributed by atoms with Crippen LogP contribution in [0.5, 0.6) is 0 Å². The van der Waals surface area contributed by atoms with Gasteiger partial charge < -0.3 is 4.57 Å². The van der Waals surface area contributed by atoms with Gasteiger partial charge in [-0.2, -0.15) is 15.1 Å². The van der Waals surface area contributed by atoms with Crippen LogP contribution in [0, 0.1) is 19.3 Å². The molecule has 2 aliphatic rings. The molecule has 0 radical (unpaired) electrons. The van der Waals surface area contributed by atoms with E-state index in [1.54, 1.807) is 17.4 Å². The molecule has 2 aromatic carbocycles. The number of amidine groups is 2. The zero-order valence-corrected chi connectivity index (χ0v) is 20.1. The molecule has 0 bridgehead atoms. The van der Waals surface area contributed by atoms with Crippen LogP contribution >= 0.6 is 23.1 Å². The van der Waals surface area contributed by atoms with E-state index < -0.39 is 5.91 Å². The smallest absolute Gasteiger partial charge is 0.283 e. The van der Waals surface area contributed by atoms with Crippen molar-refractivity contribution in [2.24, 2.45) is 10.1 Å². The van der Waals surface area contributed by atoms with Crippen molar-refractivity contribution in [2.45, 2.75) is 13.8 Å². The van der Waals surface area contributed by atoms with Gasteiger partial charge in [0.15, 0.2) is 5.84 Å². The van der Waals surface area contributed by atoms with Crippen LogP contribution in [0.25, 0.3) is 22.5 Å². The number of amides is 1. The number of nitrogens with zero attached hydrogens (tertiary/aromatic N) is 4. The van der Waals surface area contributed by atoms with Crippen LogP contribution in [0.2, 0.25) is 0 Å². The molecular weight excluding hydrogens is 462 g/mol. The molecule has 0 saturated heterocycles. The first kappa shape index (κ1) is 20.8. The van der Waals surface area contributed by atoms with Crippen molar-refractivity contribution >= 4 is 61.9 Å². The van der Waals surface area contributed by atoms with Gasteiger partial charge in [-0.05, 0) is 66.2 Å². The summed E-state index contributed by atoms with van der Waals surface area (Å²) >= 11 is 2.89. The number of aliphatic imine (C=N–C) groups is 1. The highest BCUT2D eigenvalue weighted by Gasteiger charge is 2.36. The van der Waals surface area contributed by atoms with Gasteiger partial charge in [0.25, 0.3) is 5.91 Å². The number of rotatable bonds is 3. The number of hydrazone groups is 1. The first-order valence-corrected chi connectivity index (χ1v) is 12.4. The van der Waals surface area contributed by atoms with E-state index in [0.717, 1.165) is 37.9 Å². The Morgan fingerprint density at radius 3 is 2.68 bits per heavy atom. The fraction of sp³-hybridized carbons (Fsp3) is 0.0769. The predicted molar refractivity (Wildman–Crippen MR) is 141 cm³/mol. The maximum atomic E-state index is 12.9. The molecule has 0 saturated carbocycles. The van der Waals surface area contributed by atoms with Gasteiger partial charge >= 0.3 is 0 Å². The maximum absolute atomic E-state index is 12.9. The third-order valence-electron chi connectivity index (χ3n) is 5.96. The van der Waals surface area contributed by atoms with Crippen LogP contribution < -0.4 is 0 Å². The maximum Gasteiger partial charge on any atom is 0.283 e. The van der Waals surface area contributed by atoms with Crippen molar-refractivity contribution in [3.63, 3.8) is 0 Å². The number of hydrogen-bond acceptors (Lipinski definition) is 5. The molecule has 34 heavy (non-hydrogen) atoms. The van der Waals surface area contributed by atoms with Crippen LogP contribution in [0.4, 0.5) is 0 Å². The zero-order chi connectivity index (χ0) is 23.4. The lowest BCUT2D eigenvalue weighted by Crippen LogP contribution is -2.35. The van der Waals surface area contributed by atoms with Crippen molar-refractivity contribution in [3.8, 4) is 5.69 Å². The van der Waals surface area contributed by atoms with E-state index in [2.05, 4.69) is 51.9 Å². The van der Waals surface area contributed by atoms with Gasteiger partial charge in [-0.25, -0.2) is 0 Å². The number of thioether (sulfide) groups is 1. The molecule has 4 aromatic rings. The predicted octanol–water partition coefficient (Wildman–Crippen LogP) is 5.98. The van der Waals surface area contributed by atoms with Crippen molar-refractivity contribution in [1.29, 1.82) is 5.41 Å². The van der Waals surface area contributed by atoms with Crippen LogP contribution in [0.15, 0.2) is 81.7 Å². The first-order valence-electron chi connectivity index (χ1n) is 10.7. The molecule has 6 nitrogen and oxygen atoms in total. The van der Waals surface area contributed by atoms with E-state index in [4.69, 9.17) is 5.41 Å². The Balaban J connectivity index is 1.41. The van der Waals surface area contributed by atoms with Gasteiger partial charge in [0, 0.05) is 16.8 Å². The highest BCUT2D eigenvalue weighted by molar-refractivity contribution is 8.27. The molecule has 6 rings (SSSR count). The molecular formula is C26H19N5OS2. The largest absolute Gasteiger partial charge is 0.317 e. The molecule has 166 valence electrons. The van der Waals surface area contributed by atoms with Crippen molar-refractivity contribution in [2.75, 3.05) is 0 Å². The average molecular weight is 482 g/mol. The average Bonchev–Trinajstić information content (AvgIpc) is 3.56. The number of aryl methyl sites for hydroxylation is 1. The van der Waals surface area contributed by atoms with Gasteiger partial charge in [-0.3, -0.25) is 10.2 Å². The molecule has 0 atom stereocenters. The molecule has 8 heteroatoms. The molecule has 0 unspecified atom stereocenters. The Morgan fingerprint density at radius 2 is 1.85 bits per heavy atom. The molecule has 1 amide bonds. The minimum Gasteiger partial charge on any atom is -0.317 e. The fourth-order valence-electron chi connectivity index (χ4n) is 4.36. The number of benzene rings is 2. The molecule has 0 aliphatic carbocycles. The van der Waals surface area contributed by atoms with Gasteiger partial charge in [0.05, 0.1) is 16.1 Å². The Morgan fingerprint density at radius 1 is 1.03 bits per heavy atom. The minimum atomic E-state index is -0.415. The number of carbonyl (C=O) groups is 1. The van der Waals surface area contributed by atoms with E-state index in [-0.39, 0.29) is 11.4 Å². The summed E-state index contributed by atoms with van der Waals surface area (Å²) in [5, 5.41) is 20.2. The zero-order valence-electron chi connectivity index (χ0n) is 18.4. The molecule has 1 N–H and O–H groups in total. The number of aromatic nitrogens is 1. The SMILES string of the molecule is Cc1cc(/C=C2/C(=N)N3N=C(c4cccs4)SC3=NC2=O)c(C)n1-c1cccc2ccccc12. The van der Waals surface area contributed by atoms with Crippen molar-refractivity contribution in [3.05, 3.63) is 93.4 Å². The second-order valence-corrected chi connectivity index (χ2v) is 9.97. The molecule has 4 heterocycles. The summed E-state index contributed by atoms with van der Waals surface area (Å²) in [5.74, 6) is -0.370. The fourth-order valence-corrected chi connectivity index (χ4v) is 6.04. The lowest BCUT2D eigenvalue weighted by Gasteiger charge is -2.20. The standard InChI is InChI=1S/C26H19N5OS2/c1-15-13-18(16(2)30(15)21-10-5-8-17-7-3-4-9-19(17)21)14-20-23(27)31-26(28-24(20)32)34-25(29-31)22-11-6-12-33-22/h3-14,27H,1-2H3/b20-14-,27-23?. The molecule has 2 aliphatic heterocycles. The topological polar surface area (TPSA) is 73.8 Å². The van der Waals surface area contributed by atoms with Gasteiger partial charge in [0.1, 0.15) is 5.04 Å². The lowest BCUT2D eigenvalue weighted by molar-refractivity contribution is -0.114. The normalized spacial score (nSPS) is 16.9. The lowest BCUT2D eigenvalue weighted by atomic mass is 10.1. The van der Waals surface area contributed by atoms with E-state index >= 15 is 0 Å².